The van der Waals surface area contributed by atoms with Crippen LogP contribution in [0, 0.1) is 0 Å². The Morgan fingerprint density at radius 2 is 1.37 bits per heavy atom. The van der Waals surface area contributed by atoms with Gasteiger partial charge in [-0.2, -0.15) is 0 Å². The van der Waals surface area contributed by atoms with Crippen LogP contribution in [-0.4, -0.2) is 14.4 Å². The first-order valence-electron chi connectivity index (χ1n) is 12.2. The van der Waals surface area contributed by atoms with Crippen LogP contribution in [0.2, 0.25) is 0 Å². The van der Waals surface area contributed by atoms with Gasteiger partial charge in [0.25, 0.3) is 0 Å². The fourth-order valence-corrected chi connectivity index (χ4v) is 6.57. The Kier molecular flexibility index (Phi) is 3.14. The number of hydrogen-bond acceptors (Lipinski definition) is 2. The minimum Gasteiger partial charge on any atom is -0.276 e. The normalized spacial score (nSPS) is 13.5. The molecule has 7 aromatic rings. The highest BCUT2D eigenvalue weighted by Crippen LogP contribution is 2.50. The highest BCUT2D eigenvalue weighted by Gasteiger charge is 2.29. The lowest BCUT2D eigenvalue weighted by Crippen LogP contribution is -1.95. The van der Waals surface area contributed by atoms with Crippen LogP contribution in [0.5, 0.6) is 0 Å². The Hall–Kier alpha value is -4.50. The van der Waals surface area contributed by atoms with Crippen LogP contribution in [0.4, 0.5) is 0 Å². The summed E-state index contributed by atoms with van der Waals surface area (Å²) < 4.78 is 2.23. The van der Waals surface area contributed by atoms with E-state index in [9.17, 15) is 0 Å². The smallest absolute Gasteiger partial charge is 0.147 e. The summed E-state index contributed by atoms with van der Waals surface area (Å²) in [5.74, 6) is 0. The maximum Gasteiger partial charge on any atom is 0.147 e. The maximum atomic E-state index is 5.08. The lowest BCUT2D eigenvalue weighted by atomic mass is 9.92. The third-order valence-electron chi connectivity index (χ3n) is 8.03. The molecule has 0 saturated heterocycles. The zero-order valence-electron chi connectivity index (χ0n) is 18.9. The van der Waals surface area contributed by atoms with Gasteiger partial charge in [-0.15, -0.1) is 0 Å². The van der Waals surface area contributed by atoms with E-state index in [1.54, 1.807) is 0 Å². The SMILES string of the molecule is c1ccc2c(c1)Cc1ccc3c(c1-2)-c1cc2c4cccnc4n4c5ccccc5nc4c2cc1C3. The summed E-state index contributed by atoms with van der Waals surface area (Å²) in [5, 5.41) is 3.60. The Labute approximate surface area is 201 Å². The van der Waals surface area contributed by atoms with Gasteiger partial charge in [-0.3, -0.25) is 4.40 Å². The zero-order chi connectivity index (χ0) is 22.7. The first-order valence-corrected chi connectivity index (χ1v) is 12.2. The minimum atomic E-state index is 0.963. The van der Waals surface area contributed by atoms with Crippen LogP contribution in [0.15, 0.2) is 91.1 Å². The van der Waals surface area contributed by atoms with E-state index in [0.717, 1.165) is 35.2 Å². The van der Waals surface area contributed by atoms with Gasteiger partial charge in [-0.25, -0.2) is 9.97 Å². The molecule has 0 fully saturated rings. The van der Waals surface area contributed by atoms with Crippen LogP contribution < -0.4 is 0 Å². The number of imidazole rings is 1. The molecule has 0 spiro atoms. The Morgan fingerprint density at radius 3 is 2.31 bits per heavy atom. The summed E-state index contributed by atoms with van der Waals surface area (Å²) in [6.45, 7) is 0. The van der Waals surface area contributed by atoms with Crippen molar-refractivity contribution < 1.29 is 0 Å². The number of aromatic nitrogens is 3. The number of benzene rings is 4. The lowest BCUT2D eigenvalue weighted by Gasteiger charge is -2.13. The van der Waals surface area contributed by atoms with E-state index in [1.807, 2.05) is 12.3 Å². The van der Waals surface area contributed by atoms with Crippen molar-refractivity contribution in [2.24, 2.45) is 0 Å². The van der Waals surface area contributed by atoms with E-state index >= 15 is 0 Å². The molecule has 3 aromatic heterocycles. The van der Waals surface area contributed by atoms with Gasteiger partial charge >= 0.3 is 0 Å². The molecule has 3 nitrogen and oxygen atoms in total. The van der Waals surface area contributed by atoms with Gasteiger partial charge in [0, 0.05) is 17.0 Å². The van der Waals surface area contributed by atoms with Gasteiger partial charge in [0.05, 0.1) is 11.0 Å². The van der Waals surface area contributed by atoms with Gasteiger partial charge in [-0.1, -0.05) is 48.5 Å². The highest BCUT2D eigenvalue weighted by molar-refractivity contribution is 6.15. The third kappa shape index (κ3) is 2.17. The van der Waals surface area contributed by atoms with Crippen LogP contribution in [0.25, 0.3) is 60.7 Å². The van der Waals surface area contributed by atoms with Crippen LogP contribution in [-0.2, 0) is 12.8 Å². The van der Waals surface area contributed by atoms with Crippen LogP contribution >= 0.6 is 0 Å². The summed E-state index contributed by atoms with van der Waals surface area (Å²) >= 11 is 0. The van der Waals surface area contributed by atoms with Crippen molar-refractivity contribution >= 4 is 38.5 Å². The van der Waals surface area contributed by atoms with Crippen molar-refractivity contribution in [1.82, 2.24) is 14.4 Å². The molecule has 3 heteroatoms. The predicted octanol–water partition coefficient (Wildman–Crippen LogP) is 7.33. The second-order valence-electron chi connectivity index (χ2n) is 9.83. The second-order valence-corrected chi connectivity index (χ2v) is 9.83. The van der Waals surface area contributed by atoms with Crippen molar-refractivity contribution in [1.29, 1.82) is 0 Å². The molecule has 9 rings (SSSR count). The van der Waals surface area contributed by atoms with Crippen molar-refractivity contribution in [3.63, 3.8) is 0 Å². The fraction of sp³-hybridized carbons (Fsp3) is 0.0625. The summed E-state index contributed by atoms with van der Waals surface area (Å²) in [7, 11) is 0. The maximum absolute atomic E-state index is 5.08. The van der Waals surface area contributed by atoms with Crippen molar-refractivity contribution in [2.75, 3.05) is 0 Å². The first kappa shape index (κ1) is 17.9. The molecule has 4 aromatic carbocycles. The predicted molar refractivity (Wildman–Crippen MR) is 142 cm³/mol. The molecule has 3 heterocycles. The molecule has 0 bridgehead atoms. The number of rotatable bonds is 0. The van der Waals surface area contributed by atoms with Gasteiger partial charge < -0.3 is 0 Å². The van der Waals surface area contributed by atoms with E-state index in [-0.39, 0.29) is 0 Å². The summed E-state index contributed by atoms with van der Waals surface area (Å²) in [5.41, 5.74) is 15.4. The van der Waals surface area contributed by atoms with Gasteiger partial charge in [0.1, 0.15) is 11.3 Å². The Bertz CT molecular complexity index is 2060. The molecular weight excluding hydrogens is 426 g/mol. The van der Waals surface area contributed by atoms with Gasteiger partial charge in [-0.05, 0) is 99.1 Å². The van der Waals surface area contributed by atoms with Gasteiger partial charge in [0.15, 0.2) is 0 Å². The largest absolute Gasteiger partial charge is 0.276 e. The molecular formula is C32H19N3. The molecule has 0 saturated carbocycles. The third-order valence-corrected chi connectivity index (χ3v) is 8.03. The van der Waals surface area contributed by atoms with E-state index in [2.05, 4.69) is 83.3 Å². The standard InChI is InChI=1S/C32H19N3/c1-2-7-22-18(6-1)14-19-11-12-20-15-21-16-26-25(17-24(21)30(20)29(19)22)23-8-5-13-33-31(23)35-28-10-4-3-9-27(28)34-32(26)35/h1-13,16-17H,14-15H2. The van der Waals surface area contributed by atoms with E-state index in [1.165, 1.54) is 60.7 Å². The lowest BCUT2D eigenvalue weighted by molar-refractivity contribution is 1.23. The molecule has 35 heavy (non-hydrogen) atoms. The van der Waals surface area contributed by atoms with Crippen LogP contribution in [0.3, 0.4) is 0 Å². The number of para-hydroxylation sites is 2. The monoisotopic (exact) mass is 445 g/mol. The fourth-order valence-electron chi connectivity index (χ4n) is 6.57. The molecule has 0 unspecified atom stereocenters. The quantitative estimate of drug-likeness (QED) is 0.229. The number of pyridine rings is 2. The average Bonchev–Trinajstić information content (AvgIpc) is 3.58. The summed E-state index contributed by atoms with van der Waals surface area (Å²) in [4.78, 5) is 9.91. The molecule has 0 aliphatic heterocycles. The molecule has 0 radical (unpaired) electrons. The molecule has 0 N–H and O–H groups in total. The molecule has 162 valence electrons. The van der Waals surface area contributed by atoms with E-state index < -0.39 is 0 Å². The summed E-state index contributed by atoms with van der Waals surface area (Å²) in [6.07, 6.45) is 3.87. The van der Waals surface area contributed by atoms with Gasteiger partial charge in [0.2, 0.25) is 0 Å². The van der Waals surface area contributed by atoms with Crippen molar-refractivity contribution in [2.45, 2.75) is 12.8 Å². The highest BCUT2D eigenvalue weighted by atomic mass is 15.1. The molecule has 2 aliphatic carbocycles. The van der Waals surface area contributed by atoms with E-state index in [0.29, 0.717) is 0 Å². The Balaban J connectivity index is 1.44. The first-order chi connectivity index (χ1) is 17.3. The zero-order valence-corrected chi connectivity index (χ0v) is 18.9. The minimum absolute atomic E-state index is 0.963. The topological polar surface area (TPSA) is 30.2 Å². The Morgan fingerprint density at radius 1 is 0.571 bits per heavy atom. The molecule has 0 amide bonds. The number of hydrogen-bond donors (Lipinski definition) is 0. The average molecular weight is 446 g/mol. The van der Waals surface area contributed by atoms with E-state index in [4.69, 9.17) is 9.97 Å². The molecule has 0 atom stereocenters. The number of nitrogens with zero attached hydrogens (tertiary/aromatic N) is 3. The second kappa shape index (κ2) is 6.13. The number of fused-ring (bicyclic) bond motifs is 15. The van der Waals surface area contributed by atoms with Crippen LogP contribution in [0.1, 0.15) is 22.3 Å². The van der Waals surface area contributed by atoms with Crippen molar-refractivity contribution in [3.05, 3.63) is 113 Å². The molecule has 2 aliphatic rings. The van der Waals surface area contributed by atoms with Crippen molar-refractivity contribution in [3.8, 4) is 22.3 Å². The summed E-state index contributed by atoms with van der Waals surface area (Å²) in [6, 6.07) is 31.0.